The number of amides is 3. The van der Waals surface area contributed by atoms with Crippen LogP contribution in [0.25, 0.3) is 0 Å². The smallest absolute Gasteiger partial charge is 0.271 e. The molecular weight excluding hydrogens is 487 g/mol. The van der Waals surface area contributed by atoms with Crippen LogP contribution in [0, 0.1) is 11.8 Å². The monoisotopic (exact) mass is 496 g/mol. The molecule has 1 aliphatic carbocycles. The second kappa shape index (κ2) is 6.94. The van der Waals surface area contributed by atoms with Crippen molar-refractivity contribution < 1.29 is 14.4 Å². The number of nitrogens with one attached hydrogen (secondary N) is 1. The van der Waals surface area contributed by atoms with E-state index in [1.54, 1.807) is 0 Å². The third-order valence-corrected chi connectivity index (χ3v) is 7.58. The first-order valence-electron chi connectivity index (χ1n) is 7.21. The topological polar surface area (TPSA) is 66.5 Å². The molecule has 1 aromatic carbocycles. The number of nitrogens with zero attached hydrogens (tertiary/aromatic N) is 1. The fourth-order valence-electron chi connectivity index (χ4n) is 3.04. The lowest BCUT2D eigenvalue weighted by atomic mass is 9.81. The average Bonchev–Trinajstić information content (AvgIpc) is 2.73. The quantitative estimate of drug-likeness (QED) is 0.501. The maximum absolute atomic E-state index is 12.5. The van der Waals surface area contributed by atoms with E-state index in [0.717, 1.165) is 5.01 Å². The van der Waals surface area contributed by atoms with Crippen LogP contribution in [0.4, 0.5) is 0 Å². The maximum atomic E-state index is 12.5. The number of benzene rings is 1. The molecule has 3 amide bonds. The van der Waals surface area contributed by atoms with Crippen LogP contribution in [0.5, 0.6) is 0 Å². The summed E-state index contributed by atoms with van der Waals surface area (Å²) in [5.41, 5.74) is 2.52. The van der Waals surface area contributed by atoms with Gasteiger partial charge in [-0.25, -0.2) is 0 Å². The Hall–Kier alpha value is -0.630. The van der Waals surface area contributed by atoms with Crippen LogP contribution in [0.3, 0.4) is 0 Å². The summed E-state index contributed by atoms with van der Waals surface area (Å²) in [6.45, 7) is 0. The van der Waals surface area contributed by atoms with Gasteiger partial charge in [-0.1, -0.05) is 55.1 Å². The number of carbonyl (C=O) groups is 3. The number of fused-ring (bicyclic) bond motifs is 1. The van der Waals surface area contributed by atoms with Crippen molar-refractivity contribution in [2.24, 2.45) is 11.8 Å². The van der Waals surface area contributed by atoms with Crippen LogP contribution in [0.2, 0.25) is 10.0 Å². The number of imide groups is 1. The molecule has 2 aliphatic rings. The van der Waals surface area contributed by atoms with Gasteiger partial charge in [-0.05, 0) is 31.0 Å². The highest BCUT2D eigenvalue weighted by atomic mass is 79.9. The van der Waals surface area contributed by atoms with Gasteiger partial charge in [-0.3, -0.25) is 19.8 Å². The van der Waals surface area contributed by atoms with Gasteiger partial charge in [0.15, 0.2) is 0 Å². The van der Waals surface area contributed by atoms with E-state index in [4.69, 9.17) is 23.2 Å². The highest BCUT2D eigenvalue weighted by Gasteiger charge is 2.52. The first kappa shape index (κ1) is 18.2. The van der Waals surface area contributed by atoms with Crippen LogP contribution >= 0.6 is 55.1 Å². The van der Waals surface area contributed by atoms with Crippen molar-refractivity contribution in [3.63, 3.8) is 0 Å². The number of hydrazine groups is 1. The second-order valence-corrected chi connectivity index (χ2v) is 8.99. The van der Waals surface area contributed by atoms with E-state index < -0.39 is 17.7 Å². The fraction of sp³-hybridized carbons (Fsp3) is 0.400. The van der Waals surface area contributed by atoms with Crippen molar-refractivity contribution in [2.45, 2.75) is 22.5 Å². The SMILES string of the molecule is O=C(NN1C(=O)[C@H]2C[C@@H](Br)[C@@H](Br)C[C@H]2C1=O)c1ccc(Cl)cc1Cl. The van der Waals surface area contributed by atoms with Crippen LogP contribution in [-0.2, 0) is 9.59 Å². The molecule has 128 valence electrons. The fourth-order valence-corrected chi connectivity index (χ4v) is 4.77. The zero-order valence-corrected chi connectivity index (χ0v) is 16.8. The number of rotatable bonds is 2. The molecule has 0 spiro atoms. The van der Waals surface area contributed by atoms with Gasteiger partial charge in [0.1, 0.15) is 0 Å². The Morgan fingerprint density at radius 2 is 1.62 bits per heavy atom. The molecule has 3 rings (SSSR count). The molecule has 24 heavy (non-hydrogen) atoms. The van der Waals surface area contributed by atoms with Gasteiger partial charge in [-0.15, -0.1) is 0 Å². The van der Waals surface area contributed by atoms with Crippen molar-refractivity contribution in [2.75, 3.05) is 0 Å². The van der Waals surface area contributed by atoms with Crippen LogP contribution in [0.1, 0.15) is 23.2 Å². The van der Waals surface area contributed by atoms with Crippen molar-refractivity contribution in [1.82, 2.24) is 10.4 Å². The van der Waals surface area contributed by atoms with Gasteiger partial charge in [0.2, 0.25) is 0 Å². The van der Waals surface area contributed by atoms with Crippen molar-refractivity contribution in [3.8, 4) is 0 Å². The predicted octanol–water partition coefficient (Wildman–Crippen LogP) is 3.56. The van der Waals surface area contributed by atoms with Crippen LogP contribution in [-0.4, -0.2) is 32.4 Å². The molecule has 0 radical (unpaired) electrons. The Balaban J connectivity index is 1.79. The first-order valence-corrected chi connectivity index (χ1v) is 9.80. The van der Waals surface area contributed by atoms with E-state index >= 15 is 0 Å². The molecule has 9 heteroatoms. The molecule has 1 aliphatic heterocycles. The van der Waals surface area contributed by atoms with Gasteiger partial charge in [-0.2, -0.15) is 5.01 Å². The zero-order valence-electron chi connectivity index (χ0n) is 12.1. The molecule has 2 fully saturated rings. The lowest BCUT2D eigenvalue weighted by molar-refractivity contribution is -0.142. The maximum Gasteiger partial charge on any atom is 0.271 e. The molecule has 1 saturated heterocycles. The third-order valence-electron chi connectivity index (χ3n) is 4.30. The molecule has 4 atom stereocenters. The van der Waals surface area contributed by atoms with E-state index in [2.05, 4.69) is 37.3 Å². The molecule has 1 heterocycles. The number of halogens is 4. The average molecular weight is 499 g/mol. The van der Waals surface area contributed by atoms with Crippen LogP contribution in [0.15, 0.2) is 18.2 Å². The Morgan fingerprint density at radius 3 is 2.12 bits per heavy atom. The number of alkyl halides is 2. The summed E-state index contributed by atoms with van der Waals surface area (Å²) in [6.07, 6.45) is 1.08. The van der Waals surface area contributed by atoms with E-state index in [-0.39, 0.29) is 32.1 Å². The molecule has 0 aromatic heterocycles. The van der Waals surface area contributed by atoms with Crippen LogP contribution < -0.4 is 5.43 Å². The second-order valence-electron chi connectivity index (χ2n) is 5.79. The molecule has 1 saturated carbocycles. The third kappa shape index (κ3) is 3.23. The summed E-state index contributed by atoms with van der Waals surface area (Å²) in [5, 5.41) is 1.37. The lowest BCUT2D eigenvalue weighted by Crippen LogP contribution is -2.46. The summed E-state index contributed by atoms with van der Waals surface area (Å²) < 4.78 is 0. The van der Waals surface area contributed by atoms with Gasteiger partial charge in [0.05, 0.1) is 22.4 Å². The molecular formula is C15H12Br2Cl2N2O3. The summed E-state index contributed by atoms with van der Waals surface area (Å²) in [5.74, 6) is -2.23. The van der Waals surface area contributed by atoms with Crippen molar-refractivity contribution in [1.29, 1.82) is 0 Å². The Bertz CT molecular complexity index is 703. The molecule has 1 N–H and O–H groups in total. The van der Waals surface area contributed by atoms with Gasteiger partial charge < -0.3 is 0 Å². The Labute approximate surface area is 165 Å². The summed E-state index contributed by atoms with van der Waals surface area (Å²) in [6, 6.07) is 4.39. The minimum absolute atomic E-state index is 0.108. The van der Waals surface area contributed by atoms with Gasteiger partial charge >= 0.3 is 0 Å². The summed E-state index contributed by atoms with van der Waals surface area (Å²) in [4.78, 5) is 37.6. The molecule has 5 nitrogen and oxygen atoms in total. The minimum atomic E-state index is -0.622. The van der Waals surface area contributed by atoms with Gasteiger partial charge in [0, 0.05) is 14.7 Å². The van der Waals surface area contributed by atoms with E-state index in [1.165, 1.54) is 18.2 Å². The highest BCUT2D eigenvalue weighted by molar-refractivity contribution is 9.12. The Morgan fingerprint density at radius 1 is 1.08 bits per heavy atom. The van der Waals surface area contributed by atoms with Crippen molar-refractivity contribution in [3.05, 3.63) is 33.8 Å². The first-order chi connectivity index (χ1) is 11.3. The Kier molecular flexibility index (Phi) is 5.25. The minimum Gasteiger partial charge on any atom is -0.272 e. The predicted molar refractivity (Wildman–Crippen MR) is 97.4 cm³/mol. The highest BCUT2D eigenvalue weighted by Crippen LogP contribution is 2.42. The normalized spacial score (nSPS) is 29.6. The summed E-state index contributed by atoms with van der Waals surface area (Å²) >= 11 is 18.8. The molecule has 0 unspecified atom stereocenters. The largest absolute Gasteiger partial charge is 0.272 e. The molecule has 1 aromatic rings. The van der Waals surface area contributed by atoms with E-state index in [0.29, 0.717) is 17.9 Å². The summed E-state index contributed by atoms with van der Waals surface area (Å²) in [7, 11) is 0. The van der Waals surface area contributed by atoms with E-state index in [9.17, 15) is 14.4 Å². The van der Waals surface area contributed by atoms with Gasteiger partial charge in [0.25, 0.3) is 17.7 Å². The number of hydrogen-bond acceptors (Lipinski definition) is 3. The standard InChI is InChI=1S/C15H12Br2Cl2N2O3/c16-10-4-8-9(5-11(10)17)15(24)21(14(8)23)20-13(22)7-2-1-6(18)3-12(7)19/h1-3,8-11H,4-5H2,(H,20,22)/t8-,9+,10+,11-. The lowest BCUT2D eigenvalue weighted by Gasteiger charge is -2.29. The number of carbonyl (C=O) groups excluding carboxylic acids is 3. The number of hydrogen-bond donors (Lipinski definition) is 1. The zero-order chi connectivity index (χ0) is 17.6. The van der Waals surface area contributed by atoms with Crippen molar-refractivity contribution >= 4 is 72.8 Å². The van der Waals surface area contributed by atoms with E-state index in [1.807, 2.05) is 0 Å². The molecule has 0 bridgehead atoms.